The highest BCUT2D eigenvalue weighted by Crippen LogP contribution is 2.17. The van der Waals surface area contributed by atoms with E-state index in [1.54, 1.807) is 11.4 Å². The number of aliphatic hydroxyl groups excluding tert-OH is 1. The van der Waals surface area contributed by atoms with Crippen LogP contribution in [0.3, 0.4) is 0 Å². The van der Waals surface area contributed by atoms with Gasteiger partial charge in [0.1, 0.15) is 6.10 Å². The van der Waals surface area contributed by atoms with Crippen LogP contribution in [0, 0.1) is 0 Å². The molecule has 3 nitrogen and oxygen atoms in total. The van der Waals surface area contributed by atoms with Crippen LogP contribution < -0.4 is 5.32 Å². The molecule has 0 fully saturated rings. The molecule has 0 aliphatic rings. The summed E-state index contributed by atoms with van der Waals surface area (Å²) in [6.07, 6.45) is -0.623. The van der Waals surface area contributed by atoms with E-state index in [-0.39, 0.29) is 12.5 Å². The highest BCUT2D eigenvalue weighted by Gasteiger charge is 2.11. The van der Waals surface area contributed by atoms with Crippen molar-refractivity contribution in [1.82, 2.24) is 5.32 Å². The van der Waals surface area contributed by atoms with Crippen molar-refractivity contribution in [3.63, 3.8) is 0 Å². The van der Waals surface area contributed by atoms with Crippen molar-refractivity contribution in [1.29, 1.82) is 0 Å². The van der Waals surface area contributed by atoms with E-state index in [0.29, 0.717) is 5.56 Å². The fraction of sp³-hybridized carbons (Fsp3) is 0.182. The van der Waals surface area contributed by atoms with Crippen LogP contribution in [-0.2, 0) is 0 Å². The Hall–Kier alpha value is -1.17. The molecule has 84 valence electrons. The average Bonchev–Trinajstić information content (AvgIpc) is 2.95. The van der Waals surface area contributed by atoms with Crippen LogP contribution in [0.2, 0.25) is 0 Å². The molecule has 0 bridgehead atoms. The van der Waals surface area contributed by atoms with Crippen LogP contribution in [0.15, 0.2) is 34.3 Å². The first-order valence-corrected chi connectivity index (χ1v) is 6.61. The SMILES string of the molecule is O=C(NCC(O)c1cccs1)c1ccsc1. The van der Waals surface area contributed by atoms with Gasteiger partial charge in [0.15, 0.2) is 0 Å². The smallest absolute Gasteiger partial charge is 0.252 e. The molecule has 5 heteroatoms. The zero-order valence-electron chi connectivity index (χ0n) is 8.42. The van der Waals surface area contributed by atoms with Gasteiger partial charge in [-0.2, -0.15) is 11.3 Å². The summed E-state index contributed by atoms with van der Waals surface area (Å²) >= 11 is 2.96. The summed E-state index contributed by atoms with van der Waals surface area (Å²) < 4.78 is 0. The van der Waals surface area contributed by atoms with Crippen molar-refractivity contribution in [3.8, 4) is 0 Å². The zero-order chi connectivity index (χ0) is 11.4. The Bertz CT molecular complexity index is 437. The molecule has 16 heavy (non-hydrogen) atoms. The van der Waals surface area contributed by atoms with Crippen LogP contribution in [0.5, 0.6) is 0 Å². The van der Waals surface area contributed by atoms with Gasteiger partial charge in [-0.25, -0.2) is 0 Å². The van der Waals surface area contributed by atoms with Crippen LogP contribution in [0.4, 0.5) is 0 Å². The first-order chi connectivity index (χ1) is 7.77. The Labute approximate surface area is 101 Å². The molecule has 0 aliphatic carbocycles. The van der Waals surface area contributed by atoms with Gasteiger partial charge in [0.25, 0.3) is 5.91 Å². The van der Waals surface area contributed by atoms with Gasteiger partial charge < -0.3 is 10.4 Å². The molecule has 2 aromatic rings. The Morgan fingerprint density at radius 3 is 2.94 bits per heavy atom. The number of nitrogens with one attached hydrogen (secondary N) is 1. The van der Waals surface area contributed by atoms with E-state index in [4.69, 9.17) is 0 Å². The van der Waals surface area contributed by atoms with Gasteiger partial charge in [0.05, 0.1) is 0 Å². The molecule has 0 radical (unpaired) electrons. The van der Waals surface area contributed by atoms with E-state index in [9.17, 15) is 9.90 Å². The first kappa shape index (κ1) is 11.3. The maximum atomic E-state index is 11.6. The minimum Gasteiger partial charge on any atom is -0.386 e. The van der Waals surface area contributed by atoms with Gasteiger partial charge in [-0.1, -0.05) is 6.07 Å². The predicted octanol–water partition coefficient (Wildman–Crippen LogP) is 2.27. The molecule has 0 aliphatic heterocycles. The van der Waals surface area contributed by atoms with Gasteiger partial charge in [-0.05, 0) is 22.9 Å². The molecule has 0 saturated heterocycles. The number of aliphatic hydroxyl groups is 1. The largest absolute Gasteiger partial charge is 0.386 e. The Balaban J connectivity index is 1.86. The normalized spacial score (nSPS) is 12.3. The molecule has 2 N–H and O–H groups in total. The van der Waals surface area contributed by atoms with Crippen LogP contribution in [0.1, 0.15) is 21.3 Å². The molecular formula is C11H11NO2S2. The topological polar surface area (TPSA) is 49.3 Å². The van der Waals surface area contributed by atoms with Crippen molar-refractivity contribution < 1.29 is 9.90 Å². The van der Waals surface area contributed by atoms with E-state index < -0.39 is 6.10 Å². The Kier molecular flexibility index (Phi) is 3.71. The minimum atomic E-state index is -0.623. The van der Waals surface area contributed by atoms with Gasteiger partial charge in [0.2, 0.25) is 0 Å². The molecule has 0 aromatic carbocycles. The fourth-order valence-corrected chi connectivity index (χ4v) is 2.61. The Morgan fingerprint density at radius 1 is 1.44 bits per heavy atom. The van der Waals surface area contributed by atoms with Crippen LogP contribution in [-0.4, -0.2) is 17.6 Å². The number of carbonyl (C=O) groups excluding carboxylic acids is 1. The lowest BCUT2D eigenvalue weighted by molar-refractivity contribution is 0.0918. The van der Waals surface area contributed by atoms with E-state index >= 15 is 0 Å². The van der Waals surface area contributed by atoms with Crippen LogP contribution >= 0.6 is 22.7 Å². The van der Waals surface area contributed by atoms with Crippen molar-refractivity contribution in [2.45, 2.75) is 6.10 Å². The number of amides is 1. The fourth-order valence-electron chi connectivity index (χ4n) is 1.27. The Morgan fingerprint density at radius 2 is 2.31 bits per heavy atom. The number of carbonyl (C=O) groups is 1. The van der Waals surface area contributed by atoms with E-state index in [2.05, 4.69) is 5.32 Å². The maximum absolute atomic E-state index is 11.6. The van der Waals surface area contributed by atoms with E-state index in [0.717, 1.165) is 4.88 Å². The van der Waals surface area contributed by atoms with E-state index in [1.165, 1.54) is 22.7 Å². The third kappa shape index (κ3) is 2.69. The summed E-state index contributed by atoms with van der Waals surface area (Å²) in [6.45, 7) is 0.245. The summed E-state index contributed by atoms with van der Waals surface area (Å²) in [4.78, 5) is 12.4. The second-order valence-corrected chi connectivity index (χ2v) is 5.01. The molecule has 0 saturated carbocycles. The predicted molar refractivity (Wildman–Crippen MR) is 65.9 cm³/mol. The quantitative estimate of drug-likeness (QED) is 0.878. The number of rotatable bonds is 4. The molecule has 2 aromatic heterocycles. The molecule has 1 atom stereocenters. The second-order valence-electron chi connectivity index (χ2n) is 3.25. The van der Waals surface area contributed by atoms with Gasteiger partial charge in [-0.3, -0.25) is 4.79 Å². The maximum Gasteiger partial charge on any atom is 0.252 e. The van der Waals surface area contributed by atoms with Crippen molar-refractivity contribution in [2.75, 3.05) is 6.54 Å². The highest BCUT2D eigenvalue weighted by molar-refractivity contribution is 7.10. The highest BCUT2D eigenvalue weighted by atomic mass is 32.1. The lowest BCUT2D eigenvalue weighted by Gasteiger charge is -2.09. The molecule has 0 spiro atoms. The standard InChI is InChI=1S/C11H11NO2S2/c13-9(10-2-1-4-16-10)6-12-11(14)8-3-5-15-7-8/h1-5,7,9,13H,6H2,(H,12,14). The molecule has 2 rings (SSSR count). The lowest BCUT2D eigenvalue weighted by atomic mass is 10.2. The summed E-state index contributed by atoms with van der Waals surface area (Å²) in [5, 5.41) is 18.0. The minimum absolute atomic E-state index is 0.142. The summed E-state index contributed by atoms with van der Waals surface area (Å²) in [7, 11) is 0. The number of thiophene rings is 2. The van der Waals surface area contributed by atoms with Gasteiger partial charge in [-0.15, -0.1) is 11.3 Å². The number of hydrogen-bond donors (Lipinski definition) is 2. The van der Waals surface area contributed by atoms with Gasteiger partial charge in [0, 0.05) is 22.4 Å². The van der Waals surface area contributed by atoms with Crippen molar-refractivity contribution >= 4 is 28.6 Å². The number of hydrogen-bond acceptors (Lipinski definition) is 4. The zero-order valence-corrected chi connectivity index (χ0v) is 10.1. The van der Waals surface area contributed by atoms with Crippen LogP contribution in [0.25, 0.3) is 0 Å². The third-order valence-electron chi connectivity index (χ3n) is 2.11. The second kappa shape index (κ2) is 5.25. The van der Waals surface area contributed by atoms with Crippen molar-refractivity contribution in [2.24, 2.45) is 0 Å². The molecule has 1 unspecified atom stereocenters. The molecule has 2 heterocycles. The van der Waals surface area contributed by atoms with Gasteiger partial charge >= 0.3 is 0 Å². The molecular weight excluding hydrogens is 242 g/mol. The monoisotopic (exact) mass is 253 g/mol. The van der Waals surface area contributed by atoms with Crippen molar-refractivity contribution in [3.05, 3.63) is 44.8 Å². The summed E-state index contributed by atoms with van der Waals surface area (Å²) in [6, 6.07) is 5.49. The average molecular weight is 253 g/mol. The third-order valence-corrected chi connectivity index (χ3v) is 3.77. The lowest BCUT2D eigenvalue weighted by Crippen LogP contribution is -2.27. The first-order valence-electron chi connectivity index (χ1n) is 4.79. The van der Waals surface area contributed by atoms with E-state index in [1.807, 2.05) is 22.9 Å². The molecule has 1 amide bonds. The summed E-state index contributed by atoms with van der Waals surface area (Å²) in [5.41, 5.74) is 0.642. The summed E-state index contributed by atoms with van der Waals surface area (Å²) in [5.74, 6) is -0.142.